The van der Waals surface area contributed by atoms with Crippen molar-refractivity contribution in [3.8, 4) is 6.07 Å². The molecular weight excluding hydrogens is 420 g/mol. The largest absolute Gasteiger partial charge is 0.463 e. The van der Waals surface area contributed by atoms with Crippen molar-refractivity contribution in [1.82, 2.24) is 20.2 Å². The number of hydrogen-bond donors (Lipinski definition) is 2. The van der Waals surface area contributed by atoms with Crippen molar-refractivity contribution in [2.45, 2.75) is 84.3 Å². The molecule has 1 aliphatic rings. The van der Waals surface area contributed by atoms with Gasteiger partial charge in [0.15, 0.2) is 11.5 Å². The topological polar surface area (TPSA) is 126 Å². The summed E-state index contributed by atoms with van der Waals surface area (Å²) in [6.07, 6.45) is 9.60. The third kappa shape index (κ3) is 8.81. The second-order valence-electron chi connectivity index (χ2n) is 8.49. The van der Waals surface area contributed by atoms with E-state index in [0.717, 1.165) is 37.3 Å². The molecule has 0 aliphatic heterocycles. The van der Waals surface area contributed by atoms with Gasteiger partial charge in [-0.25, -0.2) is 9.97 Å². The van der Waals surface area contributed by atoms with Crippen LogP contribution in [-0.2, 0) is 14.3 Å². The number of rotatable bonds is 9. The van der Waals surface area contributed by atoms with E-state index in [9.17, 15) is 4.79 Å². The number of carbonyl (C=O) groups is 1. The van der Waals surface area contributed by atoms with Gasteiger partial charge in [0, 0.05) is 31.7 Å². The Balaban J connectivity index is 0.000000328. The van der Waals surface area contributed by atoms with Crippen molar-refractivity contribution in [2.24, 2.45) is 5.92 Å². The van der Waals surface area contributed by atoms with Gasteiger partial charge in [-0.3, -0.25) is 9.89 Å². The van der Waals surface area contributed by atoms with Crippen LogP contribution in [0.3, 0.4) is 0 Å². The van der Waals surface area contributed by atoms with Crippen LogP contribution >= 0.6 is 0 Å². The number of ether oxygens (including phenoxy) is 2. The summed E-state index contributed by atoms with van der Waals surface area (Å²) in [6, 6.07) is 3.84. The zero-order valence-corrected chi connectivity index (χ0v) is 20.3. The number of hydrogen-bond acceptors (Lipinski definition) is 8. The summed E-state index contributed by atoms with van der Waals surface area (Å²) in [6.45, 7) is 8.12. The molecule has 4 unspecified atom stereocenters. The Bertz CT molecular complexity index is 888. The van der Waals surface area contributed by atoms with Gasteiger partial charge < -0.3 is 14.8 Å². The Kier molecular flexibility index (Phi) is 10.8. The van der Waals surface area contributed by atoms with E-state index < -0.39 is 0 Å². The van der Waals surface area contributed by atoms with Gasteiger partial charge in [0.05, 0.1) is 18.5 Å². The Hall–Kier alpha value is -2.99. The maximum atomic E-state index is 11.0. The average Bonchev–Trinajstić information content (AvgIpc) is 3.47. The molecule has 2 aromatic rings. The fraction of sp³-hybridized carbons (Fsp3) is 0.625. The van der Waals surface area contributed by atoms with Crippen LogP contribution in [0.4, 0.5) is 11.6 Å². The molecule has 0 amide bonds. The molecule has 1 saturated carbocycles. The van der Waals surface area contributed by atoms with Crippen molar-refractivity contribution in [3.63, 3.8) is 0 Å². The Morgan fingerprint density at radius 1 is 1.27 bits per heavy atom. The third-order valence-electron chi connectivity index (χ3n) is 5.93. The number of methoxy groups -OCH3 is 1. The van der Waals surface area contributed by atoms with Gasteiger partial charge in [0.2, 0.25) is 0 Å². The van der Waals surface area contributed by atoms with Gasteiger partial charge >= 0.3 is 5.97 Å². The molecule has 0 radical (unpaired) electrons. The minimum absolute atomic E-state index is 0.0124. The van der Waals surface area contributed by atoms with Gasteiger partial charge in [0.1, 0.15) is 18.0 Å². The molecule has 180 valence electrons. The quantitative estimate of drug-likeness (QED) is 0.512. The van der Waals surface area contributed by atoms with Crippen LogP contribution in [0.2, 0.25) is 0 Å². The number of aromatic amines is 1. The van der Waals surface area contributed by atoms with Crippen molar-refractivity contribution >= 4 is 17.6 Å². The number of carbonyl (C=O) groups excluding carboxylic acids is 1. The summed E-state index contributed by atoms with van der Waals surface area (Å²) in [7, 11) is 1.80. The van der Waals surface area contributed by atoms with Gasteiger partial charge in [-0.2, -0.15) is 10.4 Å². The van der Waals surface area contributed by atoms with E-state index in [4.69, 9.17) is 14.7 Å². The smallest absolute Gasteiger partial charge is 0.302 e. The van der Waals surface area contributed by atoms with E-state index >= 15 is 0 Å². The fourth-order valence-electron chi connectivity index (χ4n) is 3.80. The molecule has 1 fully saturated rings. The monoisotopic (exact) mass is 456 g/mol. The van der Waals surface area contributed by atoms with Crippen LogP contribution in [0.1, 0.15) is 83.5 Å². The lowest BCUT2D eigenvalue weighted by molar-refractivity contribution is -0.145. The van der Waals surface area contributed by atoms with Crippen LogP contribution in [0.25, 0.3) is 0 Å². The van der Waals surface area contributed by atoms with Crippen molar-refractivity contribution in [1.29, 1.82) is 5.26 Å². The van der Waals surface area contributed by atoms with Gasteiger partial charge in [-0.05, 0) is 38.0 Å². The first kappa shape index (κ1) is 26.3. The van der Waals surface area contributed by atoms with E-state index in [-0.39, 0.29) is 17.8 Å². The summed E-state index contributed by atoms with van der Waals surface area (Å²) in [5, 5.41) is 18.9. The lowest BCUT2D eigenvalue weighted by Crippen LogP contribution is -2.12. The van der Waals surface area contributed by atoms with E-state index in [1.54, 1.807) is 7.11 Å². The van der Waals surface area contributed by atoms with E-state index in [1.807, 2.05) is 12.1 Å². The van der Waals surface area contributed by atoms with Crippen LogP contribution in [0.5, 0.6) is 0 Å². The van der Waals surface area contributed by atoms with Gasteiger partial charge in [0.25, 0.3) is 0 Å². The summed E-state index contributed by atoms with van der Waals surface area (Å²) in [4.78, 5) is 19.0. The molecule has 1 aliphatic carbocycles. The number of anilines is 2. The molecule has 0 aromatic carbocycles. The van der Waals surface area contributed by atoms with Crippen LogP contribution in [0, 0.1) is 17.2 Å². The summed E-state index contributed by atoms with van der Waals surface area (Å²) in [5.41, 5.74) is 1.27. The molecule has 2 N–H and O–H groups in total. The molecular formula is C24H36N6O3. The second-order valence-corrected chi connectivity index (χ2v) is 8.49. The van der Waals surface area contributed by atoms with Crippen LogP contribution < -0.4 is 5.32 Å². The molecule has 0 saturated heterocycles. The van der Waals surface area contributed by atoms with Gasteiger partial charge in [-0.15, -0.1) is 0 Å². The number of nitrogens with zero attached hydrogens (tertiary/aromatic N) is 4. The highest BCUT2D eigenvalue weighted by Gasteiger charge is 2.29. The molecule has 33 heavy (non-hydrogen) atoms. The third-order valence-corrected chi connectivity index (χ3v) is 5.93. The Labute approximate surface area is 196 Å². The highest BCUT2D eigenvalue weighted by molar-refractivity contribution is 5.66. The first-order chi connectivity index (χ1) is 15.9. The predicted molar refractivity (Wildman–Crippen MR) is 126 cm³/mol. The van der Waals surface area contributed by atoms with E-state index in [0.29, 0.717) is 23.7 Å². The van der Waals surface area contributed by atoms with Crippen molar-refractivity contribution in [3.05, 3.63) is 29.8 Å². The second kappa shape index (κ2) is 13.5. The first-order valence-electron chi connectivity index (χ1n) is 11.6. The number of nitrogens with one attached hydrogen (secondary N) is 2. The number of H-pyrrole nitrogens is 1. The molecule has 9 heteroatoms. The maximum absolute atomic E-state index is 11.0. The normalized spacial score (nSPS) is 19.0. The maximum Gasteiger partial charge on any atom is 0.302 e. The molecule has 0 spiro atoms. The predicted octanol–water partition coefficient (Wildman–Crippen LogP) is 4.86. The van der Waals surface area contributed by atoms with E-state index in [2.05, 4.69) is 46.3 Å². The number of esters is 1. The van der Waals surface area contributed by atoms with Crippen LogP contribution in [-0.4, -0.2) is 45.5 Å². The molecule has 0 bridgehead atoms. The molecule has 2 aromatic heterocycles. The van der Waals surface area contributed by atoms with Crippen molar-refractivity contribution in [2.75, 3.05) is 12.4 Å². The molecule has 2 heterocycles. The minimum Gasteiger partial charge on any atom is -0.463 e. The highest BCUT2D eigenvalue weighted by Crippen LogP contribution is 2.36. The molecule has 4 atom stereocenters. The fourth-order valence-corrected chi connectivity index (χ4v) is 3.80. The summed E-state index contributed by atoms with van der Waals surface area (Å²) < 4.78 is 10.5. The summed E-state index contributed by atoms with van der Waals surface area (Å²) >= 11 is 0. The average molecular weight is 457 g/mol. The number of aromatic nitrogens is 4. The zero-order valence-electron chi connectivity index (χ0n) is 20.3. The Morgan fingerprint density at radius 3 is 2.64 bits per heavy atom. The van der Waals surface area contributed by atoms with Crippen LogP contribution in [0.15, 0.2) is 18.5 Å². The molecule has 3 rings (SSSR count). The standard InChI is InChI=1S/C15H16N6O2.C9H20O/c1-9(22)23-12-3-2-10(4-12)13-5-14(21-20-13)19-15-8-17-11(6-16)7-18-15;1-5-8(3)7-9(6-2)10-4/h5,7-8,10,12H,2-4H2,1H3,(H2,18,19,20,21);8-9H,5-7H2,1-4H3. The minimum atomic E-state index is -0.234. The SMILES string of the molecule is CC(=O)OC1CCC(c2cc(Nc3cnc(C#N)cn3)n[nH]2)C1.CCC(C)CC(CC)OC. The Morgan fingerprint density at radius 2 is 2.06 bits per heavy atom. The lowest BCUT2D eigenvalue weighted by Gasteiger charge is -2.16. The summed E-state index contributed by atoms with van der Waals surface area (Å²) in [5.74, 6) is 2.03. The zero-order chi connectivity index (χ0) is 24.2. The molecule has 9 nitrogen and oxygen atoms in total. The van der Waals surface area contributed by atoms with E-state index in [1.165, 1.54) is 32.2 Å². The van der Waals surface area contributed by atoms with Gasteiger partial charge in [-0.1, -0.05) is 27.2 Å². The number of nitriles is 1. The van der Waals surface area contributed by atoms with Crippen molar-refractivity contribution < 1.29 is 14.3 Å². The first-order valence-corrected chi connectivity index (χ1v) is 11.6. The highest BCUT2D eigenvalue weighted by atomic mass is 16.5. The lowest BCUT2D eigenvalue weighted by atomic mass is 10.00.